The molecule has 4 N–H and O–H groups in total. The molecule has 6 nitrogen and oxygen atoms in total. The first kappa shape index (κ1) is 24.2. The van der Waals surface area contributed by atoms with Gasteiger partial charge < -0.3 is 16.4 Å². The summed E-state index contributed by atoms with van der Waals surface area (Å²) in [6.07, 6.45) is 9.67. The molecular formula is C29H32N4O2. The van der Waals surface area contributed by atoms with Crippen LogP contribution in [-0.4, -0.2) is 18.0 Å². The molecule has 3 aromatic carbocycles. The maximum absolute atomic E-state index is 12.7. The van der Waals surface area contributed by atoms with Crippen LogP contribution < -0.4 is 16.4 Å². The zero-order valence-electron chi connectivity index (χ0n) is 19.9. The van der Waals surface area contributed by atoms with Gasteiger partial charge in [-0.05, 0) is 60.9 Å². The normalized spacial score (nSPS) is 14.7. The van der Waals surface area contributed by atoms with E-state index in [1.807, 2.05) is 42.5 Å². The number of benzene rings is 3. The number of aliphatic imine (C=N–C) groups is 1. The zero-order chi connectivity index (χ0) is 24.5. The molecule has 1 aliphatic rings. The van der Waals surface area contributed by atoms with Crippen LogP contribution in [0.1, 0.15) is 60.9 Å². The fourth-order valence-electron chi connectivity index (χ4n) is 4.29. The fraction of sp³-hybridized carbons (Fsp3) is 0.276. The molecule has 0 heterocycles. The summed E-state index contributed by atoms with van der Waals surface area (Å²) in [7, 11) is 0. The summed E-state index contributed by atoms with van der Waals surface area (Å²) in [6, 6.07) is 21.9. The van der Waals surface area contributed by atoms with E-state index in [2.05, 4.69) is 15.6 Å². The van der Waals surface area contributed by atoms with Crippen molar-refractivity contribution in [3.05, 3.63) is 83.9 Å². The molecule has 0 unspecified atom stereocenters. The quantitative estimate of drug-likeness (QED) is 0.282. The molecule has 3 aromatic rings. The maximum Gasteiger partial charge on any atom is 0.255 e. The molecule has 4 rings (SSSR count). The van der Waals surface area contributed by atoms with Gasteiger partial charge in [0, 0.05) is 29.1 Å². The van der Waals surface area contributed by atoms with Crippen LogP contribution in [-0.2, 0) is 4.79 Å². The van der Waals surface area contributed by atoms with E-state index in [9.17, 15) is 9.59 Å². The predicted molar refractivity (Wildman–Crippen MR) is 143 cm³/mol. The number of nitrogens with one attached hydrogen (secondary N) is 2. The molecule has 1 fully saturated rings. The van der Waals surface area contributed by atoms with Crippen molar-refractivity contribution in [2.75, 3.05) is 16.4 Å². The molecule has 0 bridgehead atoms. The maximum atomic E-state index is 12.7. The lowest BCUT2D eigenvalue weighted by atomic mass is 9.90. The number of rotatable bonds is 6. The van der Waals surface area contributed by atoms with Crippen molar-refractivity contribution >= 4 is 40.8 Å². The van der Waals surface area contributed by atoms with E-state index in [-0.39, 0.29) is 17.7 Å². The molecule has 1 saturated carbocycles. The average molecular weight is 469 g/mol. The second-order valence-corrected chi connectivity index (χ2v) is 9.01. The smallest absolute Gasteiger partial charge is 0.255 e. The minimum absolute atomic E-state index is 0.106. The van der Waals surface area contributed by atoms with Gasteiger partial charge in [0.1, 0.15) is 0 Å². The molecule has 0 aromatic heterocycles. The molecule has 180 valence electrons. The Morgan fingerprint density at radius 3 is 2.17 bits per heavy atom. The van der Waals surface area contributed by atoms with Crippen LogP contribution in [0.2, 0.25) is 0 Å². The number of hydrogen-bond donors (Lipinski definition) is 3. The van der Waals surface area contributed by atoms with Gasteiger partial charge in [0.15, 0.2) is 0 Å². The lowest BCUT2D eigenvalue weighted by Crippen LogP contribution is -2.23. The Morgan fingerprint density at radius 2 is 1.46 bits per heavy atom. The number of amides is 2. The third kappa shape index (κ3) is 7.03. The number of nitrogens with two attached hydrogens (primary N) is 1. The summed E-state index contributed by atoms with van der Waals surface area (Å²) in [4.78, 5) is 29.6. The van der Waals surface area contributed by atoms with E-state index in [1.165, 1.54) is 19.3 Å². The van der Waals surface area contributed by atoms with E-state index in [0.717, 1.165) is 36.9 Å². The van der Waals surface area contributed by atoms with Gasteiger partial charge in [-0.3, -0.25) is 14.6 Å². The van der Waals surface area contributed by atoms with Gasteiger partial charge in [-0.15, -0.1) is 0 Å². The highest BCUT2D eigenvalue weighted by molar-refractivity contribution is 6.04. The second kappa shape index (κ2) is 12.0. The van der Waals surface area contributed by atoms with Crippen LogP contribution in [0, 0.1) is 5.92 Å². The number of nitrogen functional groups attached to an aromatic ring is 1. The van der Waals surface area contributed by atoms with Crippen LogP contribution in [0.4, 0.5) is 22.7 Å². The largest absolute Gasteiger partial charge is 0.397 e. The Kier molecular flexibility index (Phi) is 8.28. The van der Waals surface area contributed by atoms with Gasteiger partial charge in [-0.1, -0.05) is 62.4 Å². The standard InChI is InChI=1S/C29H32N4O2/c30-26-18-17-25(33-29(35)23-11-7-4-8-12-23)19-27(26)31-20-21-13-15-24(16-14-21)32-28(34)22-9-5-2-1-3-6-10-22/h4,7-8,11-20,22H,1-3,5-6,9-10,30H2,(H,32,34)(H,33,35). The Balaban J connectivity index is 1.37. The second-order valence-electron chi connectivity index (χ2n) is 9.01. The number of carbonyl (C=O) groups is 2. The van der Waals surface area contributed by atoms with Crippen LogP contribution in [0.15, 0.2) is 77.8 Å². The lowest BCUT2D eigenvalue weighted by Gasteiger charge is -2.19. The third-order valence-electron chi connectivity index (χ3n) is 6.33. The number of anilines is 3. The first-order chi connectivity index (χ1) is 17.1. The van der Waals surface area contributed by atoms with Crippen molar-refractivity contribution < 1.29 is 9.59 Å². The Labute approximate surface area is 206 Å². The first-order valence-corrected chi connectivity index (χ1v) is 12.3. The van der Waals surface area contributed by atoms with Gasteiger partial charge >= 0.3 is 0 Å². The van der Waals surface area contributed by atoms with Gasteiger partial charge in [-0.2, -0.15) is 0 Å². The topological polar surface area (TPSA) is 96.6 Å². The molecule has 0 spiro atoms. The summed E-state index contributed by atoms with van der Waals surface area (Å²) in [6.45, 7) is 0. The molecule has 2 amide bonds. The molecule has 35 heavy (non-hydrogen) atoms. The van der Waals surface area contributed by atoms with Gasteiger partial charge in [0.25, 0.3) is 5.91 Å². The minimum atomic E-state index is -0.192. The van der Waals surface area contributed by atoms with Crippen LogP contribution >= 0.6 is 0 Å². The van der Waals surface area contributed by atoms with Crippen molar-refractivity contribution in [1.82, 2.24) is 0 Å². The van der Waals surface area contributed by atoms with Gasteiger partial charge in [0.2, 0.25) is 5.91 Å². The Bertz CT molecular complexity index is 1170. The lowest BCUT2D eigenvalue weighted by molar-refractivity contribution is -0.120. The number of carbonyl (C=O) groups excluding carboxylic acids is 2. The molecule has 0 saturated heterocycles. The molecule has 0 atom stereocenters. The third-order valence-corrected chi connectivity index (χ3v) is 6.33. The summed E-state index contributed by atoms with van der Waals surface area (Å²) < 4.78 is 0. The first-order valence-electron chi connectivity index (χ1n) is 12.3. The predicted octanol–water partition coefficient (Wildman–Crippen LogP) is 6.57. The summed E-state index contributed by atoms with van der Waals surface area (Å²) >= 11 is 0. The molecule has 1 aliphatic carbocycles. The highest BCUT2D eigenvalue weighted by Crippen LogP contribution is 2.27. The van der Waals surface area contributed by atoms with Crippen molar-refractivity contribution in [3.63, 3.8) is 0 Å². The highest BCUT2D eigenvalue weighted by Gasteiger charge is 2.19. The number of hydrogen-bond acceptors (Lipinski definition) is 4. The van der Waals surface area contributed by atoms with E-state index in [4.69, 9.17) is 5.73 Å². The van der Waals surface area contributed by atoms with Crippen molar-refractivity contribution in [2.45, 2.75) is 44.9 Å². The van der Waals surface area contributed by atoms with Gasteiger partial charge in [0.05, 0.1) is 11.4 Å². The molecular weight excluding hydrogens is 436 g/mol. The van der Waals surface area contributed by atoms with E-state index in [1.54, 1.807) is 36.5 Å². The minimum Gasteiger partial charge on any atom is -0.397 e. The van der Waals surface area contributed by atoms with Crippen LogP contribution in [0.3, 0.4) is 0 Å². The van der Waals surface area contributed by atoms with E-state index < -0.39 is 0 Å². The zero-order valence-corrected chi connectivity index (χ0v) is 19.9. The van der Waals surface area contributed by atoms with Crippen LogP contribution in [0.5, 0.6) is 0 Å². The number of nitrogens with zero attached hydrogens (tertiary/aromatic N) is 1. The molecule has 0 radical (unpaired) electrons. The summed E-state index contributed by atoms with van der Waals surface area (Å²) in [5, 5.41) is 5.94. The summed E-state index contributed by atoms with van der Waals surface area (Å²) in [5.41, 5.74) is 10.0. The van der Waals surface area contributed by atoms with E-state index in [0.29, 0.717) is 22.6 Å². The van der Waals surface area contributed by atoms with Crippen molar-refractivity contribution in [2.24, 2.45) is 10.9 Å². The Morgan fingerprint density at radius 1 is 0.800 bits per heavy atom. The monoisotopic (exact) mass is 468 g/mol. The van der Waals surface area contributed by atoms with Crippen molar-refractivity contribution in [1.29, 1.82) is 0 Å². The summed E-state index contributed by atoms with van der Waals surface area (Å²) in [5.74, 6) is 0.0342. The molecule has 0 aliphatic heterocycles. The molecule has 6 heteroatoms. The Hall–Kier alpha value is -3.93. The van der Waals surface area contributed by atoms with Crippen molar-refractivity contribution in [3.8, 4) is 0 Å². The van der Waals surface area contributed by atoms with Gasteiger partial charge in [-0.25, -0.2) is 0 Å². The van der Waals surface area contributed by atoms with Crippen LogP contribution in [0.25, 0.3) is 0 Å². The SMILES string of the molecule is Nc1ccc(NC(=O)c2ccccc2)cc1N=Cc1ccc(NC(=O)C2CCCCCCC2)cc1. The highest BCUT2D eigenvalue weighted by atomic mass is 16.2. The average Bonchev–Trinajstić information content (AvgIpc) is 2.85. The fourth-order valence-corrected chi connectivity index (χ4v) is 4.29. The van der Waals surface area contributed by atoms with E-state index >= 15 is 0 Å².